The molecule has 3 fully saturated rings. The fourth-order valence-corrected chi connectivity index (χ4v) is 11.1. The lowest BCUT2D eigenvalue weighted by molar-refractivity contribution is -0.715. The Labute approximate surface area is 429 Å². The summed E-state index contributed by atoms with van der Waals surface area (Å²) >= 11 is 3.02. The van der Waals surface area contributed by atoms with Crippen LogP contribution in [0, 0.1) is 5.92 Å². The predicted octanol–water partition coefficient (Wildman–Crippen LogP) is 8.42. The highest BCUT2D eigenvalue weighted by molar-refractivity contribution is 7.14. The van der Waals surface area contributed by atoms with E-state index in [1.54, 1.807) is 32.7 Å². The lowest BCUT2D eigenvalue weighted by Gasteiger charge is -2.33. The molecular formula is C54H63N10O6S2+. The largest absolute Gasteiger partial charge is 0.496 e. The van der Waals surface area contributed by atoms with Crippen LogP contribution in [-0.2, 0) is 16.3 Å². The molecule has 2 aromatic carbocycles. The summed E-state index contributed by atoms with van der Waals surface area (Å²) in [5.74, 6) is 1.27. The SMILES string of the molecule is CCCCC(=O)Nc1csc(-c2cncc(-c3ccc(C(=O)N4CCN(C[n+]5cc(-c6ccc(C(=O)N7CCN(C)CC7)c(OC)c6)nc(-c6cc(NC(=O)CC7CCCC7)cs6)c5)CC4)c(OC)c3)n2)c1. The predicted molar refractivity (Wildman–Crippen MR) is 281 cm³/mol. The second-order valence-corrected chi connectivity index (χ2v) is 20.7. The number of hydrogen-bond acceptors (Lipinski definition) is 13. The lowest BCUT2D eigenvalue weighted by Crippen LogP contribution is -2.53. The number of unbranched alkanes of at least 4 members (excludes halogenated alkanes) is 1. The number of amides is 4. The normalized spacial score (nSPS) is 15.7. The number of benzene rings is 2. The minimum atomic E-state index is -0.113. The number of piperazine rings is 2. The number of likely N-dealkylation sites (N-methyl/N-ethyl adjacent to an activating group) is 1. The topological polar surface area (TPSA) is 166 Å². The Balaban J connectivity index is 0.894. The summed E-state index contributed by atoms with van der Waals surface area (Å²) < 4.78 is 13.8. The van der Waals surface area contributed by atoms with Crippen molar-refractivity contribution in [3.8, 4) is 55.2 Å². The van der Waals surface area contributed by atoms with E-state index in [1.807, 2.05) is 75.4 Å². The molecule has 1 aliphatic carbocycles. The molecular weight excluding hydrogens is 949 g/mol. The van der Waals surface area contributed by atoms with Gasteiger partial charge in [-0.1, -0.05) is 38.3 Å². The average Bonchev–Trinajstić information content (AvgIpc) is 4.22. The maximum atomic E-state index is 14.1. The van der Waals surface area contributed by atoms with E-state index in [1.165, 1.54) is 35.5 Å². The van der Waals surface area contributed by atoms with Crippen LogP contribution in [0.1, 0.15) is 79.0 Å². The fourth-order valence-electron chi connectivity index (χ4n) is 9.55. The van der Waals surface area contributed by atoms with Gasteiger partial charge in [0.1, 0.15) is 22.9 Å². The molecule has 2 saturated heterocycles. The minimum Gasteiger partial charge on any atom is -0.496 e. The van der Waals surface area contributed by atoms with E-state index in [2.05, 4.69) is 44.0 Å². The van der Waals surface area contributed by atoms with Crippen molar-refractivity contribution in [2.45, 2.75) is 65.0 Å². The molecule has 18 heteroatoms. The van der Waals surface area contributed by atoms with Crippen molar-refractivity contribution in [3.63, 3.8) is 0 Å². The van der Waals surface area contributed by atoms with Crippen LogP contribution < -0.4 is 24.7 Å². The maximum Gasteiger partial charge on any atom is 0.257 e. The number of ether oxygens (including phenoxy) is 2. The number of methoxy groups -OCH3 is 2. The van der Waals surface area contributed by atoms with Gasteiger partial charge in [0.05, 0.1) is 70.3 Å². The zero-order valence-electron chi connectivity index (χ0n) is 41.5. The Morgan fingerprint density at radius 3 is 1.83 bits per heavy atom. The molecule has 3 aliphatic rings. The Kier molecular flexibility index (Phi) is 16.3. The molecule has 0 bridgehead atoms. The van der Waals surface area contributed by atoms with Crippen LogP contribution in [0.3, 0.4) is 0 Å². The third-order valence-corrected chi connectivity index (χ3v) is 15.6. The second-order valence-electron chi connectivity index (χ2n) is 18.9. The molecule has 16 nitrogen and oxygen atoms in total. The summed E-state index contributed by atoms with van der Waals surface area (Å²) in [7, 11) is 5.22. The quantitative estimate of drug-likeness (QED) is 0.0843. The van der Waals surface area contributed by atoms with Gasteiger partial charge in [0.2, 0.25) is 18.5 Å². The molecule has 2 N–H and O–H groups in total. The van der Waals surface area contributed by atoms with E-state index in [-0.39, 0.29) is 23.6 Å². The van der Waals surface area contributed by atoms with Crippen LogP contribution in [0.2, 0.25) is 0 Å². The number of aromatic nitrogens is 4. The van der Waals surface area contributed by atoms with E-state index >= 15 is 0 Å². The van der Waals surface area contributed by atoms with Gasteiger partial charge in [0.25, 0.3) is 11.8 Å². The summed E-state index contributed by atoms with van der Waals surface area (Å²) in [6.07, 6.45) is 14.9. The summed E-state index contributed by atoms with van der Waals surface area (Å²) in [5.41, 5.74) is 6.81. The first kappa shape index (κ1) is 50.3. The molecule has 4 amide bonds. The molecule has 0 atom stereocenters. The number of nitrogens with zero attached hydrogens (tertiary/aromatic N) is 8. The van der Waals surface area contributed by atoms with Gasteiger partial charge in [-0.3, -0.25) is 24.2 Å². The molecule has 0 spiro atoms. The van der Waals surface area contributed by atoms with Gasteiger partial charge in [-0.2, -0.15) is 4.57 Å². The van der Waals surface area contributed by atoms with Crippen molar-refractivity contribution in [3.05, 3.63) is 95.2 Å². The van der Waals surface area contributed by atoms with Gasteiger partial charge in [-0.05, 0) is 68.6 Å². The number of carbonyl (C=O) groups excluding carboxylic acids is 4. The Hall–Kier alpha value is -6.60. The van der Waals surface area contributed by atoms with Gasteiger partial charge >= 0.3 is 0 Å². The Bertz CT molecular complexity index is 2900. The van der Waals surface area contributed by atoms with Crippen molar-refractivity contribution in [1.82, 2.24) is 34.6 Å². The molecule has 9 rings (SSSR count). The lowest BCUT2D eigenvalue weighted by atomic mass is 10.0. The van der Waals surface area contributed by atoms with E-state index in [9.17, 15) is 19.2 Å². The maximum absolute atomic E-state index is 14.1. The van der Waals surface area contributed by atoms with Crippen molar-refractivity contribution in [2.75, 3.05) is 84.3 Å². The van der Waals surface area contributed by atoms with E-state index in [0.717, 1.165) is 76.7 Å². The van der Waals surface area contributed by atoms with Crippen LogP contribution in [-0.4, -0.2) is 132 Å². The van der Waals surface area contributed by atoms with Gasteiger partial charge in [0, 0.05) is 87.1 Å². The van der Waals surface area contributed by atoms with E-state index in [0.29, 0.717) is 104 Å². The molecule has 72 heavy (non-hydrogen) atoms. The first-order valence-corrected chi connectivity index (χ1v) is 26.7. The molecule has 0 unspecified atom stereocenters. The second kappa shape index (κ2) is 23.3. The number of anilines is 2. The third-order valence-electron chi connectivity index (χ3n) is 13.7. The molecule has 2 aliphatic heterocycles. The highest BCUT2D eigenvalue weighted by atomic mass is 32.1. The van der Waals surface area contributed by atoms with Crippen LogP contribution in [0.15, 0.2) is 84.1 Å². The van der Waals surface area contributed by atoms with Crippen LogP contribution in [0.4, 0.5) is 11.4 Å². The van der Waals surface area contributed by atoms with Crippen molar-refractivity contribution < 1.29 is 33.2 Å². The minimum absolute atomic E-state index is 0.00295. The van der Waals surface area contributed by atoms with Crippen LogP contribution in [0.25, 0.3) is 43.7 Å². The number of nitrogens with one attached hydrogen (secondary N) is 2. The molecule has 6 aromatic rings. The molecule has 4 aromatic heterocycles. The molecule has 1 saturated carbocycles. The number of thiophene rings is 2. The van der Waals surface area contributed by atoms with Gasteiger partial charge < -0.3 is 34.8 Å². The third kappa shape index (κ3) is 12.2. The first-order chi connectivity index (χ1) is 35.0. The fraction of sp³-hybridized carbons (Fsp3) is 0.407. The van der Waals surface area contributed by atoms with Crippen molar-refractivity contribution in [2.24, 2.45) is 5.92 Å². The zero-order chi connectivity index (χ0) is 50.1. The molecule has 0 radical (unpaired) electrons. The first-order valence-electron chi connectivity index (χ1n) is 24.9. The van der Waals surface area contributed by atoms with Gasteiger partial charge in [-0.25, -0.2) is 14.9 Å². The summed E-state index contributed by atoms with van der Waals surface area (Å²) in [6.45, 7) is 7.85. The summed E-state index contributed by atoms with van der Waals surface area (Å²) in [5, 5.41) is 9.97. The van der Waals surface area contributed by atoms with E-state index < -0.39 is 0 Å². The Morgan fingerprint density at radius 1 is 0.681 bits per heavy atom. The van der Waals surface area contributed by atoms with Crippen molar-refractivity contribution in [1.29, 1.82) is 0 Å². The number of hydrogen-bond donors (Lipinski definition) is 2. The van der Waals surface area contributed by atoms with Crippen LogP contribution >= 0.6 is 22.7 Å². The number of rotatable bonds is 17. The standard InChI is InChI=1S/C54H62N10O6S2/c1-5-6-11-51(65)56-39-27-49(71-33-39)44-30-55-29-43(58-44)37-12-14-41(47(25-37)69-3)54(68)64-22-18-61(19-23-64)35-62-31-45(38-13-15-42(48(26-38)70-4)53(67)63-20-16-60(2)17-21-63)59-46(32-62)50-28-40(34-72-50)57-52(66)24-36-9-7-8-10-36/h12-15,25-34,36H,5-11,16-24,35H2,1-4H3,(H-,56,57,65,66)/p+1. The van der Waals surface area contributed by atoms with Gasteiger partial charge in [0.15, 0.2) is 12.4 Å². The monoisotopic (exact) mass is 1010 g/mol. The zero-order valence-corrected chi connectivity index (χ0v) is 43.2. The van der Waals surface area contributed by atoms with Crippen LogP contribution in [0.5, 0.6) is 11.5 Å². The average molecular weight is 1010 g/mol. The van der Waals surface area contributed by atoms with Gasteiger partial charge in [-0.15, -0.1) is 22.7 Å². The van der Waals surface area contributed by atoms with Crippen molar-refractivity contribution >= 4 is 57.7 Å². The smallest absolute Gasteiger partial charge is 0.257 e. The highest BCUT2D eigenvalue weighted by Gasteiger charge is 2.29. The highest BCUT2D eigenvalue weighted by Crippen LogP contribution is 2.35. The Morgan fingerprint density at radius 2 is 1.22 bits per heavy atom. The summed E-state index contributed by atoms with van der Waals surface area (Å²) in [6, 6.07) is 15.0. The van der Waals surface area contributed by atoms with E-state index in [4.69, 9.17) is 19.4 Å². The number of carbonyl (C=O) groups is 4. The molecule has 6 heterocycles. The summed E-state index contributed by atoms with van der Waals surface area (Å²) in [4.78, 5) is 77.7. The molecule has 376 valence electrons.